The molecule has 8 heteroatoms. The number of esters is 1. The standard InChI is InChI=1S/C23H21ClN2O4S/c1-3-30-17-10-6-15(7-11-17)19-18(12-25)22(26-21(27)20(19)23(28)29-2)31-13-14-4-8-16(24)9-5-14/h4-11,19-20H,3,13H2,1-2H3,(H,26,27)/t19-,20-/m0/s1. The maximum Gasteiger partial charge on any atom is 0.319 e. The minimum absolute atomic E-state index is 0.318. The molecule has 0 spiro atoms. The molecule has 0 saturated carbocycles. The lowest BCUT2D eigenvalue weighted by atomic mass is 9.78. The van der Waals surface area contributed by atoms with E-state index in [9.17, 15) is 14.9 Å². The first-order chi connectivity index (χ1) is 15.0. The first kappa shape index (κ1) is 22.7. The number of benzene rings is 2. The van der Waals surface area contributed by atoms with Crippen LogP contribution in [0, 0.1) is 17.2 Å². The minimum Gasteiger partial charge on any atom is -0.494 e. The Balaban J connectivity index is 1.98. The third kappa shape index (κ3) is 5.22. The van der Waals surface area contributed by atoms with Gasteiger partial charge in [-0.15, -0.1) is 11.8 Å². The Labute approximate surface area is 190 Å². The van der Waals surface area contributed by atoms with Gasteiger partial charge in [0.05, 0.1) is 30.4 Å². The molecule has 160 valence electrons. The van der Waals surface area contributed by atoms with Crippen LogP contribution in [0.25, 0.3) is 0 Å². The lowest BCUT2D eigenvalue weighted by molar-refractivity contribution is -0.150. The molecule has 1 amide bonds. The molecule has 2 aromatic rings. The number of hydrogen-bond donors (Lipinski definition) is 1. The number of allylic oxidation sites excluding steroid dienone is 1. The number of carbonyl (C=O) groups excluding carboxylic acids is 2. The number of ether oxygens (including phenoxy) is 2. The van der Waals surface area contributed by atoms with Crippen molar-refractivity contribution in [2.24, 2.45) is 5.92 Å². The molecule has 1 heterocycles. The predicted molar refractivity (Wildman–Crippen MR) is 119 cm³/mol. The summed E-state index contributed by atoms with van der Waals surface area (Å²) in [4.78, 5) is 25.3. The highest BCUT2D eigenvalue weighted by Crippen LogP contribution is 2.41. The SMILES string of the molecule is CCOc1ccc([C@H]2C(C#N)=C(SCc3ccc(Cl)cc3)NC(=O)[C@H]2C(=O)OC)cc1. The highest BCUT2D eigenvalue weighted by Gasteiger charge is 2.44. The number of methoxy groups -OCH3 is 1. The van der Waals surface area contributed by atoms with Crippen LogP contribution in [0.15, 0.2) is 59.1 Å². The van der Waals surface area contributed by atoms with E-state index in [1.165, 1.54) is 18.9 Å². The van der Waals surface area contributed by atoms with E-state index in [0.717, 1.165) is 5.56 Å². The lowest BCUT2D eigenvalue weighted by Gasteiger charge is -2.31. The normalized spacial score (nSPS) is 18.2. The van der Waals surface area contributed by atoms with Gasteiger partial charge >= 0.3 is 5.97 Å². The van der Waals surface area contributed by atoms with Gasteiger partial charge in [-0.3, -0.25) is 9.59 Å². The van der Waals surface area contributed by atoms with Crippen molar-refractivity contribution in [3.8, 4) is 11.8 Å². The molecule has 2 atom stereocenters. The number of nitriles is 1. The summed E-state index contributed by atoms with van der Waals surface area (Å²) in [7, 11) is 1.23. The zero-order chi connectivity index (χ0) is 22.4. The molecule has 0 fully saturated rings. The maximum atomic E-state index is 12.9. The number of nitrogens with one attached hydrogen (secondary N) is 1. The summed E-state index contributed by atoms with van der Waals surface area (Å²) in [5, 5.41) is 13.7. The van der Waals surface area contributed by atoms with Gasteiger partial charge in [-0.05, 0) is 42.3 Å². The Hall–Kier alpha value is -2.95. The molecule has 1 aliphatic heterocycles. The van der Waals surface area contributed by atoms with Crippen LogP contribution < -0.4 is 10.1 Å². The average Bonchev–Trinajstić information content (AvgIpc) is 2.78. The number of nitrogens with zero attached hydrogens (tertiary/aromatic N) is 1. The van der Waals surface area contributed by atoms with Crippen molar-refractivity contribution in [1.82, 2.24) is 5.32 Å². The first-order valence-corrected chi connectivity index (χ1v) is 11.0. The summed E-state index contributed by atoms with van der Waals surface area (Å²) < 4.78 is 10.3. The van der Waals surface area contributed by atoms with Crippen molar-refractivity contribution in [3.05, 3.63) is 75.3 Å². The summed E-state index contributed by atoms with van der Waals surface area (Å²) in [5.74, 6) is -1.90. The van der Waals surface area contributed by atoms with Crippen LogP contribution in [0.4, 0.5) is 0 Å². The molecule has 6 nitrogen and oxygen atoms in total. The number of amides is 1. The van der Waals surface area contributed by atoms with Gasteiger partial charge in [-0.2, -0.15) is 5.26 Å². The quantitative estimate of drug-likeness (QED) is 0.490. The molecule has 0 saturated heterocycles. The predicted octanol–water partition coefficient (Wildman–Crippen LogP) is 4.41. The molecule has 0 aliphatic carbocycles. The molecule has 0 unspecified atom stereocenters. The van der Waals surface area contributed by atoms with Crippen molar-refractivity contribution < 1.29 is 19.1 Å². The van der Waals surface area contributed by atoms with Crippen LogP contribution >= 0.6 is 23.4 Å². The van der Waals surface area contributed by atoms with Gasteiger partial charge < -0.3 is 14.8 Å². The van der Waals surface area contributed by atoms with Crippen molar-refractivity contribution in [3.63, 3.8) is 0 Å². The third-order valence-electron chi connectivity index (χ3n) is 4.83. The fourth-order valence-corrected chi connectivity index (χ4v) is 4.48. The lowest BCUT2D eigenvalue weighted by Crippen LogP contribution is -2.44. The van der Waals surface area contributed by atoms with Gasteiger partial charge in [0, 0.05) is 16.7 Å². The molecule has 1 N–H and O–H groups in total. The summed E-state index contributed by atoms with van der Waals surface area (Å²) in [6.07, 6.45) is 0. The molecular weight excluding hydrogens is 436 g/mol. The first-order valence-electron chi connectivity index (χ1n) is 9.61. The Bertz CT molecular complexity index is 1030. The van der Waals surface area contributed by atoms with Crippen molar-refractivity contribution in [2.45, 2.75) is 18.6 Å². The number of thioether (sulfide) groups is 1. The zero-order valence-corrected chi connectivity index (χ0v) is 18.6. The fraction of sp³-hybridized carbons (Fsp3) is 0.261. The van der Waals surface area contributed by atoms with Crippen LogP contribution in [-0.4, -0.2) is 25.6 Å². The van der Waals surface area contributed by atoms with E-state index in [1.54, 1.807) is 36.4 Å². The molecule has 3 rings (SSSR count). The van der Waals surface area contributed by atoms with E-state index in [4.69, 9.17) is 21.1 Å². The van der Waals surface area contributed by atoms with Gasteiger partial charge in [0.1, 0.15) is 11.7 Å². The van der Waals surface area contributed by atoms with Crippen molar-refractivity contribution in [2.75, 3.05) is 13.7 Å². The Morgan fingerprint density at radius 3 is 2.45 bits per heavy atom. The largest absolute Gasteiger partial charge is 0.494 e. The van der Waals surface area contributed by atoms with Gasteiger partial charge in [0.15, 0.2) is 0 Å². The van der Waals surface area contributed by atoms with Gasteiger partial charge in [-0.25, -0.2) is 0 Å². The van der Waals surface area contributed by atoms with Gasteiger partial charge in [0.2, 0.25) is 5.91 Å². The summed E-state index contributed by atoms with van der Waals surface area (Å²) in [5.41, 5.74) is 1.97. The van der Waals surface area contributed by atoms with Gasteiger partial charge in [0.25, 0.3) is 0 Å². The number of carbonyl (C=O) groups is 2. The van der Waals surface area contributed by atoms with E-state index in [0.29, 0.717) is 39.3 Å². The minimum atomic E-state index is -1.16. The van der Waals surface area contributed by atoms with Crippen LogP contribution in [0.5, 0.6) is 5.75 Å². The van der Waals surface area contributed by atoms with E-state index < -0.39 is 23.7 Å². The molecule has 0 radical (unpaired) electrons. The molecule has 2 aromatic carbocycles. The topological polar surface area (TPSA) is 88.4 Å². The van der Waals surface area contributed by atoms with Crippen molar-refractivity contribution in [1.29, 1.82) is 5.26 Å². The van der Waals surface area contributed by atoms with E-state index in [2.05, 4.69) is 11.4 Å². The Kier molecular flexibility index (Phi) is 7.61. The zero-order valence-electron chi connectivity index (χ0n) is 17.1. The second kappa shape index (κ2) is 10.4. The van der Waals surface area contributed by atoms with Crippen molar-refractivity contribution >= 4 is 35.2 Å². The Morgan fingerprint density at radius 2 is 1.87 bits per heavy atom. The maximum absolute atomic E-state index is 12.9. The van der Waals surface area contributed by atoms with Crippen LogP contribution in [0.3, 0.4) is 0 Å². The molecular formula is C23H21ClN2O4S. The van der Waals surface area contributed by atoms with Crippen LogP contribution in [-0.2, 0) is 20.1 Å². The van der Waals surface area contributed by atoms with E-state index in [-0.39, 0.29) is 0 Å². The van der Waals surface area contributed by atoms with E-state index >= 15 is 0 Å². The smallest absolute Gasteiger partial charge is 0.319 e. The molecule has 0 aromatic heterocycles. The molecule has 31 heavy (non-hydrogen) atoms. The monoisotopic (exact) mass is 456 g/mol. The number of rotatable bonds is 7. The van der Waals surface area contributed by atoms with Crippen LogP contribution in [0.2, 0.25) is 5.02 Å². The highest BCUT2D eigenvalue weighted by atomic mass is 35.5. The third-order valence-corrected chi connectivity index (χ3v) is 6.17. The highest BCUT2D eigenvalue weighted by molar-refractivity contribution is 8.02. The summed E-state index contributed by atoms with van der Waals surface area (Å²) in [6.45, 7) is 2.40. The fourth-order valence-electron chi connectivity index (χ4n) is 3.35. The molecule has 0 bridgehead atoms. The average molecular weight is 457 g/mol. The summed E-state index contributed by atoms with van der Waals surface area (Å²) in [6, 6.07) is 16.6. The number of halogens is 1. The Morgan fingerprint density at radius 1 is 1.19 bits per heavy atom. The second-order valence-electron chi connectivity index (χ2n) is 6.74. The number of hydrogen-bond acceptors (Lipinski definition) is 6. The second-order valence-corrected chi connectivity index (χ2v) is 8.16. The molecule has 1 aliphatic rings. The summed E-state index contributed by atoms with van der Waals surface area (Å²) >= 11 is 7.26. The van der Waals surface area contributed by atoms with Gasteiger partial charge in [-0.1, -0.05) is 35.9 Å². The van der Waals surface area contributed by atoms with E-state index in [1.807, 2.05) is 19.1 Å². The van der Waals surface area contributed by atoms with Crippen LogP contribution in [0.1, 0.15) is 24.0 Å².